The van der Waals surface area contributed by atoms with Crippen LogP contribution < -0.4 is 5.32 Å². The van der Waals surface area contributed by atoms with Crippen LogP contribution in [0.15, 0.2) is 24.3 Å². The van der Waals surface area contributed by atoms with Gasteiger partial charge < -0.3 is 0 Å². The summed E-state index contributed by atoms with van der Waals surface area (Å²) in [5, 5.41) is 11.2. The van der Waals surface area contributed by atoms with Gasteiger partial charge in [-0.05, 0) is 12.1 Å². The average Bonchev–Trinajstić information content (AvgIpc) is 1.94. The van der Waals surface area contributed by atoms with Crippen molar-refractivity contribution in [1.29, 1.82) is 5.26 Å². The number of nitrogens with zero attached hydrogens (tertiary/aromatic N) is 1. The predicted molar refractivity (Wildman–Crippen MR) is 40.7 cm³/mol. The highest BCUT2D eigenvalue weighted by molar-refractivity contribution is 6.33. The predicted octanol–water partition coefficient (Wildman–Crippen LogP) is 2.23. The van der Waals surface area contributed by atoms with Gasteiger partial charge in [0.1, 0.15) is 0 Å². The van der Waals surface area contributed by atoms with Gasteiger partial charge in [-0.25, -0.2) is 0 Å². The molecule has 0 aliphatic carbocycles. The van der Waals surface area contributed by atoms with E-state index < -0.39 is 0 Å². The summed E-state index contributed by atoms with van der Waals surface area (Å²) in [5.41, 5.74) is 0.645. The van der Waals surface area contributed by atoms with Gasteiger partial charge in [0.15, 0.2) is 6.19 Å². The molecule has 1 rings (SSSR count). The Labute approximate surface area is 64.0 Å². The maximum absolute atomic E-state index is 8.22. The lowest BCUT2D eigenvalue weighted by Crippen LogP contribution is -1.86. The summed E-state index contributed by atoms with van der Waals surface area (Å²) in [5.74, 6) is 0. The molecule has 0 fully saturated rings. The van der Waals surface area contributed by atoms with Gasteiger partial charge in [0.2, 0.25) is 0 Å². The van der Waals surface area contributed by atoms with Crippen molar-refractivity contribution in [3.63, 3.8) is 0 Å². The van der Waals surface area contributed by atoms with Crippen molar-refractivity contribution >= 4 is 17.3 Å². The van der Waals surface area contributed by atoms with Gasteiger partial charge >= 0.3 is 0 Å². The maximum atomic E-state index is 8.22. The number of hydrogen-bond donors (Lipinski definition) is 1. The van der Waals surface area contributed by atoms with Crippen molar-refractivity contribution in [1.82, 2.24) is 0 Å². The van der Waals surface area contributed by atoms with Gasteiger partial charge in [0.25, 0.3) is 0 Å². The Bertz CT molecular complexity index is 265. The largest absolute Gasteiger partial charge is 0.291 e. The van der Waals surface area contributed by atoms with Crippen LogP contribution in [-0.2, 0) is 0 Å². The zero-order valence-electron chi connectivity index (χ0n) is 5.13. The van der Waals surface area contributed by atoms with Crippen LogP contribution >= 0.6 is 11.6 Å². The van der Waals surface area contributed by atoms with Crippen molar-refractivity contribution in [2.45, 2.75) is 0 Å². The summed E-state index contributed by atoms with van der Waals surface area (Å²) in [6, 6.07) is 7.09. The van der Waals surface area contributed by atoms with E-state index in [-0.39, 0.29) is 0 Å². The molecular formula is C7H5ClN2. The fourth-order valence-electron chi connectivity index (χ4n) is 0.623. The van der Waals surface area contributed by atoms with Crippen LogP contribution in [0.3, 0.4) is 0 Å². The fraction of sp³-hybridized carbons (Fsp3) is 0. The number of halogens is 1. The molecule has 0 aliphatic heterocycles. The maximum Gasteiger partial charge on any atom is 0.181 e. The molecule has 3 heteroatoms. The third kappa shape index (κ3) is 1.40. The van der Waals surface area contributed by atoms with Crippen LogP contribution in [0.5, 0.6) is 0 Å². The number of hydrogen-bond acceptors (Lipinski definition) is 2. The molecule has 0 aromatic heterocycles. The van der Waals surface area contributed by atoms with Crippen LogP contribution in [0.25, 0.3) is 0 Å². The molecule has 0 heterocycles. The molecule has 0 amide bonds. The average molecular weight is 153 g/mol. The first-order valence-corrected chi connectivity index (χ1v) is 3.12. The first-order chi connectivity index (χ1) is 4.84. The van der Waals surface area contributed by atoms with E-state index in [9.17, 15) is 0 Å². The Kier molecular flexibility index (Phi) is 2.14. The van der Waals surface area contributed by atoms with E-state index >= 15 is 0 Å². The molecule has 10 heavy (non-hydrogen) atoms. The SMILES string of the molecule is N#CNc1ccccc1Cl. The molecule has 0 spiro atoms. The summed E-state index contributed by atoms with van der Waals surface area (Å²) in [6.45, 7) is 0. The molecular weight excluding hydrogens is 148 g/mol. The normalized spacial score (nSPS) is 8.40. The van der Waals surface area contributed by atoms with Crippen molar-refractivity contribution in [3.8, 4) is 6.19 Å². The lowest BCUT2D eigenvalue weighted by molar-refractivity contribution is 1.47. The first-order valence-electron chi connectivity index (χ1n) is 2.74. The zero-order valence-corrected chi connectivity index (χ0v) is 5.89. The second-order valence-electron chi connectivity index (χ2n) is 1.72. The highest BCUT2D eigenvalue weighted by atomic mass is 35.5. The van der Waals surface area contributed by atoms with Gasteiger partial charge in [0.05, 0.1) is 10.7 Å². The Morgan fingerprint density at radius 2 is 2.10 bits per heavy atom. The Hall–Kier alpha value is -1.20. The Morgan fingerprint density at radius 3 is 2.70 bits per heavy atom. The molecule has 50 valence electrons. The molecule has 0 radical (unpaired) electrons. The second-order valence-corrected chi connectivity index (χ2v) is 2.12. The molecule has 1 N–H and O–H groups in total. The van der Waals surface area contributed by atoms with Gasteiger partial charge in [-0.3, -0.25) is 5.32 Å². The molecule has 1 aromatic carbocycles. The summed E-state index contributed by atoms with van der Waals surface area (Å²) in [7, 11) is 0. The number of rotatable bonds is 1. The van der Waals surface area contributed by atoms with Crippen LogP contribution in [0, 0.1) is 11.5 Å². The summed E-state index contributed by atoms with van der Waals surface area (Å²) < 4.78 is 0. The third-order valence-electron chi connectivity index (χ3n) is 1.06. The van der Waals surface area contributed by atoms with E-state index in [0.29, 0.717) is 10.7 Å². The molecule has 0 unspecified atom stereocenters. The molecule has 0 bridgehead atoms. The standard InChI is InChI=1S/C7H5ClN2/c8-6-3-1-2-4-7(6)10-5-9/h1-4,10H. The smallest absolute Gasteiger partial charge is 0.181 e. The quantitative estimate of drug-likeness (QED) is 0.495. The molecule has 2 nitrogen and oxygen atoms in total. The first kappa shape index (κ1) is 6.91. The van der Waals surface area contributed by atoms with Crippen LogP contribution in [0.2, 0.25) is 5.02 Å². The molecule has 1 aromatic rings. The summed E-state index contributed by atoms with van der Waals surface area (Å²) in [4.78, 5) is 0. The molecule has 0 aliphatic rings. The zero-order chi connectivity index (χ0) is 7.40. The van der Waals surface area contributed by atoms with E-state index in [4.69, 9.17) is 16.9 Å². The highest BCUT2D eigenvalue weighted by Gasteiger charge is 1.93. The number of para-hydroxylation sites is 1. The fourth-order valence-corrected chi connectivity index (χ4v) is 0.806. The van der Waals surface area contributed by atoms with Crippen LogP contribution in [0.4, 0.5) is 5.69 Å². The van der Waals surface area contributed by atoms with Crippen molar-refractivity contribution in [2.24, 2.45) is 0 Å². The van der Waals surface area contributed by atoms with Gasteiger partial charge in [-0.15, -0.1) is 0 Å². The number of nitrogens with one attached hydrogen (secondary N) is 1. The third-order valence-corrected chi connectivity index (χ3v) is 1.39. The van der Waals surface area contributed by atoms with Crippen LogP contribution in [-0.4, -0.2) is 0 Å². The monoisotopic (exact) mass is 152 g/mol. The number of anilines is 1. The number of nitriles is 1. The molecule has 0 atom stereocenters. The minimum absolute atomic E-state index is 0.559. The lowest BCUT2D eigenvalue weighted by Gasteiger charge is -1.97. The highest BCUT2D eigenvalue weighted by Crippen LogP contribution is 2.19. The number of benzene rings is 1. The topological polar surface area (TPSA) is 35.8 Å². The second kappa shape index (κ2) is 3.09. The van der Waals surface area contributed by atoms with Gasteiger partial charge in [0, 0.05) is 0 Å². The summed E-state index contributed by atoms with van der Waals surface area (Å²) >= 11 is 5.69. The molecule has 0 saturated carbocycles. The van der Waals surface area contributed by atoms with E-state index in [0.717, 1.165) is 0 Å². The minimum Gasteiger partial charge on any atom is -0.291 e. The van der Waals surface area contributed by atoms with E-state index in [1.165, 1.54) is 0 Å². The van der Waals surface area contributed by atoms with Crippen molar-refractivity contribution in [2.75, 3.05) is 5.32 Å². The van der Waals surface area contributed by atoms with E-state index in [1.807, 2.05) is 12.1 Å². The Morgan fingerprint density at radius 1 is 1.40 bits per heavy atom. The van der Waals surface area contributed by atoms with Gasteiger partial charge in [-0.2, -0.15) is 5.26 Å². The minimum atomic E-state index is 0.559. The van der Waals surface area contributed by atoms with E-state index in [1.54, 1.807) is 18.3 Å². The lowest BCUT2D eigenvalue weighted by atomic mass is 10.3. The van der Waals surface area contributed by atoms with Crippen molar-refractivity contribution < 1.29 is 0 Å². The van der Waals surface area contributed by atoms with Gasteiger partial charge in [-0.1, -0.05) is 23.7 Å². The van der Waals surface area contributed by atoms with Crippen LogP contribution in [0.1, 0.15) is 0 Å². The molecule has 0 saturated heterocycles. The van der Waals surface area contributed by atoms with Crippen molar-refractivity contribution in [3.05, 3.63) is 29.3 Å². The Balaban J connectivity index is 2.94. The summed E-state index contributed by atoms with van der Waals surface area (Å²) in [6.07, 6.45) is 1.79. The van der Waals surface area contributed by atoms with E-state index in [2.05, 4.69) is 5.32 Å².